The van der Waals surface area contributed by atoms with E-state index in [2.05, 4.69) is 48.5 Å². The molecule has 0 aliphatic carbocycles. The molecule has 3 atom stereocenters. The van der Waals surface area contributed by atoms with E-state index in [1.807, 2.05) is 0 Å². The topological polar surface area (TPSA) is 24.5 Å². The zero-order valence-electron chi connectivity index (χ0n) is 12.6. The summed E-state index contributed by atoms with van der Waals surface area (Å²) >= 11 is 0. The number of para-hydroxylation sites is 1. The molecule has 3 nitrogen and oxygen atoms in total. The Labute approximate surface area is 122 Å². The summed E-state index contributed by atoms with van der Waals surface area (Å²) in [6.07, 6.45) is 4.00. The second kappa shape index (κ2) is 6.15. The van der Waals surface area contributed by atoms with Crippen LogP contribution in [-0.4, -0.2) is 37.7 Å². The third kappa shape index (κ3) is 2.70. The summed E-state index contributed by atoms with van der Waals surface area (Å²) in [5.74, 6) is 1.91. The highest BCUT2D eigenvalue weighted by atomic mass is 16.5. The fourth-order valence-corrected chi connectivity index (χ4v) is 3.63. The van der Waals surface area contributed by atoms with E-state index in [0.29, 0.717) is 12.1 Å². The van der Waals surface area contributed by atoms with E-state index < -0.39 is 0 Å². The normalized spacial score (nSPS) is 31.2. The van der Waals surface area contributed by atoms with Gasteiger partial charge < -0.3 is 10.1 Å². The van der Waals surface area contributed by atoms with Gasteiger partial charge in [-0.05, 0) is 51.4 Å². The van der Waals surface area contributed by atoms with Gasteiger partial charge >= 0.3 is 0 Å². The summed E-state index contributed by atoms with van der Waals surface area (Å²) in [6.45, 7) is 5.59. The molecule has 1 fully saturated rings. The molecule has 0 radical (unpaired) electrons. The van der Waals surface area contributed by atoms with Crippen molar-refractivity contribution in [3.8, 4) is 5.75 Å². The highest BCUT2D eigenvalue weighted by molar-refractivity contribution is 5.38. The van der Waals surface area contributed by atoms with Crippen LogP contribution in [0.5, 0.6) is 5.75 Å². The minimum atomic E-state index is 0.383. The van der Waals surface area contributed by atoms with Crippen LogP contribution >= 0.6 is 0 Å². The quantitative estimate of drug-likeness (QED) is 0.897. The van der Waals surface area contributed by atoms with Crippen LogP contribution in [0.25, 0.3) is 0 Å². The molecular weight excluding hydrogens is 248 g/mol. The Morgan fingerprint density at radius 2 is 2.05 bits per heavy atom. The van der Waals surface area contributed by atoms with Gasteiger partial charge in [0.15, 0.2) is 0 Å². The number of ether oxygens (including phenoxy) is 1. The van der Waals surface area contributed by atoms with Gasteiger partial charge in [0.1, 0.15) is 12.4 Å². The number of hydrogen-bond donors (Lipinski definition) is 1. The van der Waals surface area contributed by atoms with Gasteiger partial charge in [0.25, 0.3) is 0 Å². The Morgan fingerprint density at radius 3 is 2.90 bits per heavy atom. The van der Waals surface area contributed by atoms with Crippen molar-refractivity contribution in [2.45, 2.75) is 38.3 Å². The number of likely N-dealkylation sites (tertiary alicyclic amines) is 1. The van der Waals surface area contributed by atoms with Crippen LogP contribution in [-0.2, 0) is 0 Å². The molecule has 0 spiro atoms. The number of benzene rings is 1. The van der Waals surface area contributed by atoms with Gasteiger partial charge in [-0.15, -0.1) is 0 Å². The first kappa shape index (κ1) is 13.9. The zero-order chi connectivity index (χ0) is 13.9. The fraction of sp³-hybridized carbons (Fsp3) is 0.647. The molecule has 2 aliphatic heterocycles. The van der Waals surface area contributed by atoms with Gasteiger partial charge in [0.2, 0.25) is 0 Å². The molecule has 3 rings (SSSR count). The summed E-state index contributed by atoms with van der Waals surface area (Å²) in [4.78, 5) is 2.64. The zero-order valence-corrected chi connectivity index (χ0v) is 12.6. The number of nitrogens with one attached hydrogen (secondary N) is 1. The van der Waals surface area contributed by atoms with Crippen molar-refractivity contribution in [3.63, 3.8) is 0 Å². The van der Waals surface area contributed by atoms with Gasteiger partial charge in [-0.2, -0.15) is 0 Å². The maximum atomic E-state index is 6.01. The first-order valence-electron chi connectivity index (χ1n) is 7.92. The SMILES string of the molecule is CNC1c2ccccc2OCC1N1CCCC(C)CC1. The van der Waals surface area contributed by atoms with Gasteiger partial charge in [-0.1, -0.05) is 25.1 Å². The third-order valence-electron chi connectivity index (χ3n) is 4.88. The first-order chi connectivity index (χ1) is 9.79. The number of hydrogen-bond acceptors (Lipinski definition) is 3. The van der Waals surface area contributed by atoms with Crippen LogP contribution in [0.2, 0.25) is 0 Å². The van der Waals surface area contributed by atoms with Gasteiger partial charge in [0, 0.05) is 5.56 Å². The minimum Gasteiger partial charge on any atom is -0.492 e. The Balaban J connectivity index is 1.80. The summed E-state index contributed by atoms with van der Waals surface area (Å²) in [5.41, 5.74) is 1.31. The second-order valence-electron chi connectivity index (χ2n) is 6.25. The molecule has 1 N–H and O–H groups in total. The van der Waals surface area contributed by atoms with Crippen LogP contribution < -0.4 is 10.1 Å². The molecule has 3 unspecified atom stereocenters. The maximum Gasteiger partial charge on any atom is 0.124 e. The van der Waals surface area contributed by atoms with Crippen molar-refractivity contribution >= 4 is 0 Å². The van der Waals surface area contributed by atoms with Crippen LogP contribution in [0.15, 0.2) is 24.3 Å². The van der Waals surface area contributed by atoms with Crippen molar-refractivity contribution < 1.29 is 4.74 Å². The Hall–Kier alpha value is -1.06. The lowest BCUT2D eigenvalue weighted by Crippen LogP contribution is -2.50. The highest BCUT2D eigenvalue weighted by Gasteiger charge is 2.34. The van der Waals surface area contributed by atoms with Gasteiger partial charge in [-0.3, -0.25) is 4.90 Å². The molecule has 110 valence electrons. The molecule has 0 aromatic heterocycles. The Bertz CT molecular complexity index is 448. The molecule has 1 aromatic rings. The standard InChI is InChI=1S/C17H26N2O/c1-13-6-5-10-19(11-9-13)15-12-20-16-8-4-3-7-14(16)17(15)18-2/h3-4,7-8,13,15,17-18H,5-6,9-12H2,1-2H3. The largest absolute Gasteiger partial charge is 0.492 e. The highest BCUT2D eigenvalue weighted by Crippen LogP contribution is 2.34. The summed E-state index contributed by atoms with van der Waals surface area (Å²) in [5, 5.41) is 3.52. The van der Waals surface area contributed by atoms with Crippen LogP contribution in [0.3, 0.4) is 0 Å². The maximum absolute atomic E-state index is 6.01. The fourth-order valence-electron chi connectivity index (χ4n) is 3.63. The van der Waals surface area contributed by atoms with Gasteiger partial charge in [0.05, 0.1) is 12.1 Å². The van der Waals surface area contributed by atoms with Crippen molar-refractivity contribution in [1.29, 1.82) is 0 Å². The minimum absolute atomic E-state index is 0.383. The number of fused-ring (bicyclic) bond motifs is 1. The van der Waals surface area contributed by atoms with Crippen LogP contribution in [0, 0.1) is 5.92 Å². The third-order valence-corrected chi connectivity index (χ3v) is 4.88. The molecule has 1 saturated heterocycles. The molecule has 3 heteroatoms. The van der Waals surface area contributed by atoms with Crippen molar-refractivity contribution in [3.05, 3.63) is 29.8 Å². The molecule has 2 heterocycles. The lowest BCUT2D eigenvalue weighted by atomic mass is 9.95. The van der Waals surface area contributed by atoms with Crippen molar-refractivity contribution in [2.75, 3.05) is 26.7 Å². The smallest absolute Gasteiger partial charge is 0.124 e. The van der Waals surface area contributed by atoms with E-state index in [1.54, 1.807) is 0 Å². The first-order valence-corrected chi connectivity index (χ1v) is 7.92. The molecular formula is C17H26N2O. The molecule has 0 bridgehead atoms. The molecule has 0 amide bonds. The molecule has 0 saturated carbocycles. The number of nitrogens with zero attached hydrogens (tertiary/aromatic N) is 1. The molecule has 1 aromatic carbocycles. The predicted octanol–water partition coefficient (Wildman–Crippen LogP) is 2.83. The molecule has 2 aliphatic rings. The van der Waals surface area contributed by atoms with E-state index >= 15 is 0 Å². The Morgan fingerprint density at radius 1 is 1.20 bits per heavy atom. The van der Waals surface area contributed by atoms with Crippen molar-refractivity contribution in [1.82, 2.24) is 10.2 Å². The Kier molecular flexibility index (Phi) is 4.27. The number of rotatable bonds is 2. The lowest BCUT2D eigenvalue weighted by molar-refractivity contribution is 0.0901. The summed E-state index contributed by atoms with van der Waals surface area (Å²) < 4.78 is 6.01. The predicted molar refractivity (Wildman–Crippen MR) is 82.1 cm³/mol. The second-order valence-corrected chi connectivity index (χ2v) is 6.25. The van der Waals surface area contributed by atoms with E-state index in [-0.39, 0.29) is 0 Å². The van der Waals surface area contributed by atoms with Crippen LogP contribution in [0.1, 0.15) is 37.8 Å². The monoisotopic (exact) mass is 274 g/mol. The van der Waals surface area contributed by atoms with Crippen molar-refractivity contribution in [2.24, 2.45) is 5.92 Å². The van der Waals surface area contributed by atoms with E-state index in [9.17, 15) is 0 Å². The number of likely N-dealkylation sites (N-methyl/N-ethyl adjacent to an activating group) is 1. The average molecular weight is 274 g/mol. The van der Waals surface area contributed by atoms with E-state index in [4.69, 9.17) is 4.74 Å². The molecule has 20 heavy (non-hydrogen) atoms. The van der Waals surface area contributed by atoms with E-state index in [1.165, 1.54) is 37.9 Å². The average Bonchev–Trinajstić information content (AvgIpc) is 2.70. The summed E-state index contributed by atoms with van der Waals surface area (Å²) in [7, 11) is 2.07. The lowest BCUT2D eigenvalue weighted by Gasteiger charge is -2.40. The summed E-state index contributed by atoms with van der Waals surface area (Å²) in [6, 6.07) is 9.29. The van der Waals surface area contributed by atoms with E-state index in [0.717, 1.165) is 18.3 Å². The van der Waals surface area contributed by atoms with Gasteiger partial charge in [-0.25, -0.2) is 0 Å². The van der Waals surface area contributed by atoms with Crippen LogP contribution in [0.4, 0.5) is 0 Å².